The number of carboxylic acids is 1. The molecule has 66 valence electrons. The van der Waals surface area contributed by atoms with E-state index in [4.69, 9.17) is 5.11 Å². The van der Waals surface area contributed by atoms with E-state index >= 15 is 0 Å². The van der Waals surface area contributed by atoms with Crippen molar-refractivity contribution in [2.45, 2.75) is 26.0 Å². The van der Waals surface area contributed by atoms with Crippen LogP contribution < -0.4 is 5.32 Å². The van der Waals surface area contributed by atoms with Gasteiger partial charge in [0.25, 0.3) is 0 Å². The lowest BCUT2D eigenvalue weighted by Crippen LogP contribution is -2.46. The summed E-state index contributed by atoms with van der Waals surface area (Å²) in [6.45, 7) is 3.55. The number of aliphatic carboxylic acids is 1. The summed E-state index contributed by atoms with van der Waals surface area (Å²) in [6, 6.07) is -0.866. The Balaban J connectivity index is 4.14. The molecule has 2 atom stereocenters. The maximum atomic E-state index is 10.5. The highest BCUT2D eigenvalue weighted by Crippen LogP contribution is 2.05. The van der Waals surface area contributed by atoms with Crippen molar-refractivity contribution in [3.05, 3.63) is 0 Å². The van der Waals surface area contributed by atoms with Crippen LogP contribution >= 0.6 is 0 Å². The topological polar surface area (TPSA) is 69.6 Å². The minimum absolute atomic E-state index is 0.0523. The van der Waals surface area contributed by atoms with Crippen molar-refractivity contribution in [2.75, 3.05) is 7.05 Å². The van der Waals surface area contributed by atoms with Gasteiger partial charge in [0.05, 0.1) is 6.10 Å². The number of rotatable bonds is 4. The van der Waals surface area contributed by atoms with Crippen molar-refractivity contribution in [2.24, 2.45) is 5.92 Å². The highest BCUT2D eigenvalue weighted by molar-refractivity contribution is 5.74. The van der Waals surface area contributed by atoms with Gasteiger partial charge in [0, 0.05) is 0 Å². The molecule has 3 N–H and O–H groups in total. The summed E-state index contributed by atoms with van der Waals surface area (Å²) in [5.74, 6) is -1.07. The molecule has 0 aromatic rings. The maximum Gasteiger partial charge on any atom is 0.323 e. The first-order valence-corrected chi connectivity index (χ1v) is 3.58. The van der Waals surface area contributed by atoms with Crippen LogP contribution in [0.5, 0.6) is 0 Å². The monoisotopic (exact) mass is 161 g/mol. The van der Waals surface area contributed by atoms with E-state index in [9.17, 15) is 9.90 Å². The van der Waals surface area contributed by atoms with Crippen LogP contribution in [0.25, 0.3) is 0 Å². The Hall–Kier alpha value is -0.610. The molecule has 0 spiro atoms. The number of carboxylic acid groups (broad SMARTS) is 1. The van der Waals surface area contributed by atoms with Gasteiger partial charge in [-0.1, -0.05) is 13.8 Å². The van der Waals surface area contributed by atoms with Gasteiger partial charge in [0.1, 0.15) is 6.04 Å². The number of aliphatic hydroxyl groups is 1. The molecular formula is C7H15NO3. The molecular weight excluding hydrogens is 146 g/mol. The lowest BCUT2D eigenvalue weighted by molar-refractivity contribution is -0.143. The average Bonchev–Trinajstić information content (AvgIpc) is 1.88. The van der Waals surface area contributed by atoms with Crippen LogP contribution in [0.2, 0.25) is 0 Å². The lowest BCUT2D eigenvalue weighted by atomic mass is 10.0. The normalized spacial score (nSPS) is 16.5. The predicted octanol–water partition coefficient (Wildman–Crippen LogP) is -0.324. The SMILES string of the molecule is CN[C@H](C(=O)O)C(O)C(C)C. The van der Waals surface area contributed by atoms with Crippen molar-refractivity contribution in [1.82, 2.24) is 5.32 Å². The molecule has 0 fully saturated rings. The van der Waals surface area contributed by atoms with Crippen LogP contribution in [0.15, 0.2) is 0 Å². The fraction of sp³-hybridized carbons (Fsp3) is 0.857. The third-order valence-corrected chi connectivity index (χ3v) is 1.60. The molecule has 0 rings (SSSR count). The zero-order valence-electron chi connectivity index (χ0n) is 7.03. The second kappa shape index (κ2) is 4.31. The molecule has 4 heteroatoms. The van der Waals surface area contributed by atoms with Crippen molar-refractivity contribution in [3.8, 4) is 0 Å². The third kappa shape index (κ3) is 2.86. The molecule has 0 radical (unpaired) electrons. The molecule has 1 unspecified atom stereocenters. The Morgan fingerprint density at radius 1 is 1.45 bits per heavy atom. The van der Waals surface area contributed by atoms with E-state index in [1.807, 2.05) is 0 Å². The Morgan fingerprint density at radius 3 is 2.00 bits per heavy atom. The van der Waals surface area contributed by atoms with E-state index < -0.39 is 18.1 Å². The molecule has 0 aliphatic heterocycles. The van der Waals surface area contributed by atoms with E-state index in [1.165, 1.54) is 7.05 Å². The van der Waals surface area contributed by atoms with Crippen LogP contribution in [0.3, 0.4) is 0 Å². The number of aliphatic hydroxyl groups excluding tert-OH is 1. The minimum atomic E-state index is -1.02. The molecule has 0 bridgehead atoms. The summed E-state index contributed by atoms with van der Waals surface area (Å²) < 4.78 is 0. The summed E-state index contributed by atoms with van der Waals surface area (Å²) in [6.07, 6.45) is -0.836. The van der Waals surface area contributed by atoms with Gasteiger partial charge in [0.15, 0.2) is 0 Å². The maximum absolute atomic E-state index is 10.5. The van der Waals surface area contributed by atoms with E-state index in [2.05, 4.69) is 5.32 Å². The molecule has 0 amide bonds. The number of carbonyl (C=O) groups is 1. The van der Waals surface area contributed by atoms with Crippen molar-refractivity contribution in [1.29, 1.82) is 0 Å². The first-order chi connectivity index (χ1) is 5.00. The van der Waals surface area contributed by atoms with Gasteiger partial charge < -0.3 is 15.5 Å². The van der Waals surface area contributed by atoms with Crippen LogP contribution in [0, 0.1) is 5.92 Å². The quantitative estimate of drug-likeness (QED) is 0.528. The van der Waals surface area contributed by atoms with Crippen molar-refractivity contribution < 1.29 is 15.0 Å². The van der Waals surface area contributed by atoms with Gasteiger partial charge in [0.2, 0.25) is 0 Å². The first kappa shape index (κ1) is 10.4. The van der Waals surface area contributed by atoms with E-state index in [0.29, 0.717) is 0 Å². The minimum Gasteiger partial charge on any atom is -0.480 e. The number of hydrogen-bond donors (Lipinski definition) is 3. The second-order valence-electron chi connectivity index (χ2n) is 2.84. The molecule has 0 aliphatic rings. The molecule has 0 saturated carbocycles. The van der Waals surface area contributed by atoms with Gasteiger partial charge in [-0.2, -0.15) is 0 Å². The molecule has 0 saturated heterocycles. The Kier molecular flexibility index (Phi) is 4.07. The highest BCUT2D eigenvalue weighted by atomic mass is 16.4. The van der Waals surface area contributed by atoms with Gasteiger partial charge in [-0.15, -0.1) is 0 Å². The Bertz CT molecular complexity index is 136. The molecule has 0 aliphatic carbocycles. The Morgan fingerprint density at radius 2 is 1.91 bits per heavy atom. The first-order valence-electron chi connectivity index (χ1n) is 3.58. The van der Waals surface area contributed by atoms with Gasteiger partial charge in [-0.05, 0) is 13.0 Å². The molecule has 0 aromatic heterocycles. The van der Waals surface area contributed by atoms with Gasteiger partial charge >= 0.3 is 5.97 Å². The number of likely N-dealkylation sites (N-methyl/N-ethyl adjacent to an activating group) is 1. The zero-order valence-corrected chi connectivity index (χ0v) is 7.03. The largest absolute Gasteiger partial charge is 0.480 e. The fourth-order valence-electron chi connectivity index (χ4n) is 0.825. The van der Waals surface area contributed by atoms with Crippen molar-refractivity contribution >= 4 is 5.97 Å². The van der Waals surface area contributed by atoms with Crippen molar-refractivity contribution in [3.63, 3.8) is 0 Å². The zero-order chi connectivity index (χ0) is 9.02. The molecule has 4 nitrogen and oxygen atoms in total. The third-order valence-electron chi connectivity index (χ3n) is 1.60. The van der Waals surface area contributed by atoms with Crippen LogP contribution in [0.1, 0.15) is 13.8 Å². The number of hydrogen-bond acceptors (Lipinski definition) is 3. The fourth-order valence-corrected chi connectivity index (χ4v) is 0.825. The second-order valence-corrected chi connectivity index (χ2v) is 2.84. The highest BCUT2D eigenvalue weighted by Gasteiger charge is 2.26. The van der Waals surface area contributed by atoms with Gasteiger partial charge in [-0.3, -0.25) is 4.79 Å². The molecule has 0 heterocycles. The summed E-state index contributed by atoms with van der Waals surface area (Å²) in [7, 11) is 1.52. The van der Waals surface area contributed by atoms with Gasteiger partial charge in [-0.25, -0.2) is 0 Å². The standard InChI is InChI=1S/C7H15NO3/c1-4(2)6(9)5(8-3)7(10)11/h4-6,8-9H,1-3H3,(H,10,11)/t5-,6?/m0/s1. The average molecular weight is 161 g/mol. The van der Waals surface area contributed by atoms with Crippen LogP contribution in [-0.2, 0) is 4.79 Å². The van der Waals surface area contributed by atoms with Crippen LogP contribution in [0.4, 0.5) is 0 Å². The smallest absolute Gasteiger partial charge is 0.323 e. The predicted molar refractivity (Wildman–Crippen MR) is 41.3 cm³/mol. The lowest BCUT2D eigenvalue weighted by Gasteiger charge is -2.21. The molecule has 0 aromatic carbocycles. The molecule has 11 heavy (non-hydrogen) atoms. The number of nitrogens with one attached hydrogen (secondary N) is 1. The summed E-state index contributed by atoms with van der Waals surface area (Å²) >= 11 is 0. The summed E-state index contributed by atoms with van der Waals surface area (Å²) in [5, 5.41) is 20.4. The summed E-state index contributed by atoms with van der Waals surface area (Å²) in [4.78, 5) is 10.5. The van der Waals surface area contributed by atoms with E-state index in [0.717, 1.165) is 0 Å². The van der Waals surface area contributed by atoms with Crippen LogP contribution in [-0.4, -0.2) is 35.4 Å². The Labute approximate surface area is 66.2 Å². The summed E-state index contributed by atoms with van der Waals surface area (Å²) in [5.41, 5.74) is 0. The van der Waals surface area contributed by atoms with E-state index in [-0.39, 0.29) is 5.92 Å². The van der Waals surface area contributed by atoms with E-state index in [1.54, 1.807) is 13.8 Å².